The first-order chi connectivity index (χ1) is 10.7. The minimum Gasteiger partial charge on any atom is -0.368 e. The summed E-state index contributed by atoms with van der Waals surface area (Å²) in [6.07, 6.45) is 4.67. The zero-order valence-corrected chi connectivity index (χ0v) is 13.3. The number of nitrogens with one attached hydrogen (secondary N) is 1. The first kappa shape index (κ1) is 13.8. The van der Waals surface area contributed by atoms with E-state index in [0.717, 1.165) is 50.4 Å². The van der Waals surface area contributed by atoms with Crippen LogP contribution in [0.25, 0.3) is 5.78 Å². The summed E-state index contributed by atoms with van der Waals surface area (Å²) in [5, 5.41) is 3.55. The minimum absolute atomic E-state index is 0.763. The van der Waals surface area contributed by atoms with Gasteiger partial charge in [-0.2, -0.15) is 9.50 Å². The number of rotatable bonds is 3. The van der Waals surface area contributed by atoms with E-state index in [1.165, 1.54) is 29.9 Å². The SMILES string of the molecule is CN(C)CCN=c1nc2nc3c(c4n2n1CCN4)CCCC3. The van der Waals surface area contributed by atoms with Gasteiger partial charge in [0.25, 0.3) is 5.78 Å². The number of aryl methyl sites for hydroxylation is 1. The summed E-state index contributed by atoms with van der Waals surface area (Å²) in [5.41, 5.74) is 3.41. The van der Waals surface area contributed by atoms with Crippen LogP contribution in [0.1, 0.15) is 24.1 Å². The molecule has 1 aliphatic carbocycles. The predicted octanol–water partition coefficient (Wildman–Crippen LogP) is 0.297. The van der Waals surface area contributed by atoms with Gasteiger partial charge in [-0.3, -0.25) is 0 Å². The molecule has 0 radical (unpaired) electrons. The van der Waals surface area contributed by atoms with Gasteiger partial charge < -0.3 is 10.2 Å². The van der Waals surface area contributed by atoms with Crippen molar-refractivity contribution in [2.75, 3.05) is 39.0 Å². The van der Waals surface area contributed by atoms with E-state index in [1.807, 2.05) is 0 Å². The van der Waals surface area contributed by atoms with E-state index in [1.54, 1.807) is 0 Å². The Hall–Kier alpha value is -1.89. The molecule has 0 amide bonds. The first-order valence-electron chi connectivity index (χ1n) is 8.14. The summed E-state index contributed by atoms with van der Waals surface area (Å²) in [5.74, 6) is 1.97. The van der Waals surface area contributed by atoms with E-state index in [0.29, 0.717) is 0 Å². The molecule has 0 atom stereocenters. The molecule has 0 spiro atoms. The van der Waals surface area contributed by atoms with Crippen LogP contribution in [0.2, 0.25) is 0 Å². The quantitative estimate of drug-likeness (QED) is 0.885. The normalized spacial score (nSPS) is 17.9. The summed E-state index contributed by atoms with van der Waals surface area (Å²) in [7, 11) is 4.13. The molecular weight excluding hydrogens is 278 g/mol. The predicted molar refractivity (Wildman–Crippen MR) is 85.1 cm³/mol. The van der Waals surface area contributed by atoms with E-state index in [-0.39, 0.29) is 0 Å². The average molecular weight is 301 g/mol. The summed E-state index contributed by atoms with van der Waals surface area (Å²) >= 11 is 0. The molecule has 0 unspecified atom stereocenters. The van der Waals surface area contributed by atoms with Gasteiger partial charge in [0, 0.05) is 18.7 Å². The van der Waals surface area contributed by atoms with Crippen molar-refractivity contribution < 1.29 is 0 Å². The zero-order valence-electron chi connectivity index (χ0n) is 13.3. The van der Waals surface area contributed by atoms with Gasteiger partial charge in [-0.1, -0.05) is 0 Å². The van der Waals surface area contributed by atoms with Gasteiger partial charge in [-0.25, -0.2) is 14.7 Å². The highest BCUT2D eigenvalue weighted by molar-refractivity contribution is 5.54. The van der Waals surface area contributed by atoms with Crippen molar-refractivity contribution in [3.8, 4) is 0 Å². The highest BCUT2D eigenvalue weighted by Gasteiger charge is 2.23. The second kappa shape index (κ2) is 5.39. The van der Waals surface area contributed by atoms with Crippen LogP contribution >= 0.6 is 0 Å². The summed E-state index contributed by atoms with van der Waals surface area (Å²) in [4.78, 5) is 16.3. The molecule has 0 fully saturated rings. The lowest BCUT2D eigenvalue weighted by atomic mass is 9.96. The molecule has 22 heavy (non-hydrogen) atoms. The molecule has 4 rings (SSSR count). The highest BCUT2D eigenvalue weighted by Crippen LogP contribution is 2.28. The maximum atomic E-state index is 4.80. The zero-order chi connectivity index (χ0) is 15.1. The summed E-state index contributed by atoms with van der Waals surface area (Å²) in [6, 6.07) is 0. The Kier molecular flexibility index (Phi) is 3.37. The van der Waals surface area contributed by atoms with Gasteiger partial charge in [0.05, 0.1) is 18.8 Å². The molecule has 0 bridgehead atoms. The lowest BCUT2D eigenvalue weighted by molar-refractivity contribution is 0.416. The maximum absolute atomic E-state index is 4.80. The molecule has 0 saturated carbocycles. The van der Waals surface area contributed by atoms with Gasteiger partial charge >= 0.3 is 0 Å². The van der Waals surface area contributed by atoms with Gasteiger partial charge in [0.1, 0.15) is 5.82 Å². The third-order valence-electron chi connectivity index (χ3n) is 4.45. The third kappa shape index (κ3) is 2.20. The molecular formula is C15H23N7. The molecule has 0 aromatic carbocycles. The summed E-state index contributed by atoms with van der Waals surface area (Å²) in [6.45, 7) is 3.51. The molecule has 118 valence electrons. The smallest absolute Gasteiger partial charge is 0.254 e. The molecule has 0 saturated heterocycles. The van der Waals surface area contributed by atoms with Crippen LogP contribution in [0, 0.1) is 0 Å². The highest BCUT2D eigenvalue weighted by atomic mass is 15.5. The fourth-order valence-corrected chi connectivity index (χ4v) is 3.33. The Labute approximate surface area is 129 Å². The molecule has 1 aliphatic heterocycles. The van der Waals surface area contributed by atoms with E-state index in [4.69, 9.17) is 4.98 Å². The van der Waals surface area contributed by atoms with Crippen molar-refractivity contribution in [3.63, 3.8) is 0 Å². The molecule has 2 aromatic heterocycles. The average Bonchev–Trinajstić information content (AvgIpc) is 2.87. The molecule has 1 N–H and O–H groups in total. The third-order valence-corrected chi connectivity index (χ3v) is 4.45. The fraction of sp³-hybridized carbons (Fsp3) is 0.667. The Balaban J connectivity index is 1.86. The number of anilines is 1. The van der Waals surface area contributed by atoms with Crippen LogP contribution in [0.3, 0.4) is 0 Å². The lowest BCUT2D eigenvalue weighted by Crippen LogP contribution is -2.32. The second-order valence-electron chi connectivity index (χ2n) is 6.35. The largest absolute Gasteiger partial charge is 0.368 e. The maximum Gasteiger partial charge on any atom is 0.254 e. The van der Waals surface area contributed by atoms with Crippen molar-refractivity contribution >= 4 is 11.6 Å². The van der Waals surface area contributed by atoms with E-state index in [9.17, 15) is 0 Å². The summed E-state index contributed by atoms with van der Waals surface area (Å²) < 4.78 is 4.29. The van der Waals surface area contributed by atoms with Crippen molar-refractivity contribution in [3.05, 3.63) is 16.9 Å². The van der Waals surface area contributed by atoms with Crippen LogP contribution in [0.5, 0.6) is 0 Å². The Morgan fingerprint density at radius 1 is 1.23 bits per heavy atom. The molecule has 7 nitrogen and oxygen atoms in total. The first-order valence-corrected chi connectivity index (χ1v) is 8.14. The number of hydrogen-bond acceptors (Lipinski definition) is 5. The number of likely N-dealkylation sites (N-methyl/N-ethyl adjacent to an activating group) is 1. The standard InChI is InChI=1S/C15H23N7/c1-20(2)9-7-17-14-19-15-18-12-6-4-3-5-11(12)13-16-8-10-21(14)22(13)15/h16H,3-10H2,1-2H3. The Morgan fingerprint density at radius 3 is 2.95 bits per heavy atom. The fourth-order valence-electron chi connectivity index (χ4n) is 3.33. The number of aromatic nitrogens is 4. The van der Waals surface area contributed by atoms with Crippen LogP contribution in [0.4, 0.5) is 5.82 Å². The minimum atomic E-state index is 0.763. The molecule has 2 aromatic rings. The van der Waals surface area contributed by atoms with Crippen molar-refractivity contribution in [2.24, 2.45) is 4.99 Å². The van der Waals surface area contributed by atoms with Gasteiger partial charge in [-0.15, -0.1) is 0 Å². The molecule has 2 aliphatic rings. The van der Waals surface area contributed by atoms with Gasteiger partial charge in [0.2, 0.25) is 5.62 Å². The monoisotopic (exact) mass is 301 g/mol. The lowest BCUT2D eigenvalue weighted by Gasteiger charge is -2.24. The Bertz CT molecular complexity index is 768. The molecule has 3 heterocycles. The van der Waals surface area contributed by atoms with Crippen LogP contribution in [0.15, 0.2) is 4.99 Å². The van der Waals surface area contributed by atoms with Crippen LogP contribution < -0.4 is 10.9 Å². The van der Waals surface area contributed by atoms with E-state index in [2.05, 4.69) is 43.5 Å². The second-order valence-corrected chi connectivity index (χ2v) is 6.35. The van der Waals surface area contributed by atoms with E-state index < -0.39 is 0 Å². The van der Waals surface area contributed by atoms with Crippen LogP contribution in [-0.4, -0.2) is 57.8 Å². The van der Waals surface area contributed by atoms with E-state index >= 15 is 0 Å². The number of fused-ring (bicyclic) bond motifs is 2. The van der Waals surface area contributed by atoms with Crippen molar-refractivity contribution in [1.29, 1.82) is 0 Å². The molecule has 7 heteroatoms. The van der Waals surface area contributed by atoms with Gasteiger partial charge in [-0.05, 0) is 39.8 Å². The van der Waals surface area contributed by atoms with Crippen LogP contribution in [-0.2, 0) is 19.4 Å². The van der Waals surface area contributed by atoms with Crippen molar-refractivity contribution in [2.45, 2.75) is 32.2 Å². The van der Waals surface area contributed by atoms with Gasteiger partial charge in [0.15, 0.2) is 0 Å². The Morgan fingerprint density at radius 2 is 2.09 bits per heavy atom. The topological polar surface area (TPSA) is 62.8 Å². The van der Waals surface area contributed by atoms with Crippen molar-refractivity contribution in [1.82, 2.24) is 24.1 Å². The number of nitrogens with zero attached hydrogens (tertiary/aromatic N) is 6. The number of hydrogen-bond donors (Lipinski definition) is 1.